The van der Waals surface area contributed by atoms with Gasteiger partial charge >= 0.3 is 0 Å². The Morgan fingerprint density at radius 1 is 0.600 bits per heavy atom. The number of amides is 2. The molecule has 0 fully saturated rings. The molecule has 0 saturated carbocycles. The van der Waals surface area contributed by atoms with E-state index in [-0.39, 0.29) is 11.8 Å². The summed E-state index contributed by atoms with van der Waals surface area (Å²) in [7, 11) is 0. The van der Waals surface area contributed by atoms with Crippen LogP contribution in [0, 0.1) is 0 Å². The topological polar surface area (TPSA) is 76.7 Å². The van der Waals surface area contributed by atoms with Crippen molar-refractivity contribution in [1.29, 1.82) is 0 Å². The van der Waals surface area contributed by atoms with Crippen LogP contribution in [0.5, 0.6) is 11.5 Å². The van der Waals surface area contributed by atoms with Gasteiger partial charge in [-0.2, -0.15) is 0 Å². The van der Waals surface area contributed by atoms with Crippen molar-refractivity contribution >= 4 is 23.2 Å². The summed E-state index contributed by atoms with van der Waals surface area (Å²) in [5.74, 6) is 1.01. The summed E-state index contributed by atoms with van der Waals surface area (Å²) in [6.07, 6.45) is 0. The first-order valence-corrected chi connectivity index (χ1v) is 9.77. The van der Waals surface area contributed by atoms with Crippen LogP contribution in [0.2, 0.25) is 0 Å². The Labute approximate surface area is 175 Å². The third kappa shape index (κ3) is 5.61. The normalized spacial score (nSPS) is 10.2. The maximum atomic E-state index is 12.4. The maximum absolute atomic E-state index is 12.4. The molecule has 0 aliphatic carbocycles. The summed E-state index contributed by atoms with van der Waals surface area (Å²) in [4.78, 5) is 24.7. The number of hydrogen-bond acceptors (Lipinski definition) is 4. The molecule has 3 rings (SSSR count). The predicted octanol–water partition coefficient (Wildman–Crippen LogP) is 4.99. The lowest BCUT2D eigenvalue weighted by molar-refractivity contribution is 0.101. The van der Waals surface area contributed by atoms with E-state index in [1.54, 1.807) is 72.8 Å². The van der Waals surface area contributed by atoms with Gasteiger partial charge in [0.05, 0.1) is 13.2 Å². The Kier molecular flexibility index (Phi) is 7.05. The summed E-state index contributed by atoms with van der Waals surface area (Å²) >= 11 is 0. The smallest absolute Gasteiger partial charge is 0.255 e. The molecule has 0 heterocycles. The van der Waals surface area contributed by atoms with Crippen LogP contribution in [0.1, 0.15) is 34.6 Å². The minimum Gasteiger partial charge on any atom is -0.494 e. The Hall–Kier alpha value is -3.80. The van der Waals surface area contributed by atoms with Gasteiger partial charge in [-0.05, 0) is 86.6 Å². The van der Waals surface area contributed by atoms with E-state index in [9.17, 15) is 9.59 Å². The van der Waals surface area contributed by atoms with Gasteiger partial charge in [-0.1, -0.05) is 0 Å². The quantitative estimate of drug-likeness (QED) is 0.555. The van der Waals surface area contributed by atoms with Gasteiger partial charge in [-0.15, -0.1) is 0 Å². The molecule has 0 bridgehead atoms. The molecular formula is C24H24N2O4. The molecule has 2 N–H and O–H groups in total. The number of nitrogens with one attached hydrogen (secondary N) is 2. The molecule has 0 aromatic heterocycles. The zero-order chi connectivity index (χ0) is 21.3. The Balaban J connectivity index is 1.57. The summed E-state index contributed by atoms with van der Waals surface area (Å²) in [5.41, 5.74) is 2.33. The molecule has 154 valence electrons. The zero-order valence-corrected chi connectivity index (χ0v) is 17.0. The van der Waals surface area contributed by atoms with Crippen molar-refractivity contribution in [1.82, 2.24) is 0 Å². The Morgan fingerprint density at radius 3 is 1.23 bits per heavy atom. The lowest BCUT2D eigenvalue weighted by Gasteiger charge is -2.09. The second-order valence-corrected chi connectivity index (χ2v) is 6.40. The van der Waals surface area contributed by atoms with Crippen LogP contribution in [0.15, 0.2) is 72.8 Å². The summed E-state index contributed by atoms with van der Waals surface area (Å²) in [6.45, 7) is 4.97. The van der Waals surface area contributed by atoms with Gasteiger partial charge in [0.25, 0.3) is 11.8 Å². The first-order valence-electron chi connectivity index (χ1n) is 9.77. The molecular weight excluding hydrogens is 380 g/mol. The molecule has 3 aromatic rings. The molecule has 6 heteroatoms. The van der Waals surface area contributed by atoms with Crippen LogP contribution in [-0.2, 0) is 0 Å². The Morgan fingerprint density at radius 2 is 0.933 bits per heavy atom. The van der Waals surface area contributed by atoms with Crippen LogP contribution in [0.4, 0.5) is 11.4 Å². The number of rotatable bonds is 8. The highest BCUT2D eigenvalue weighted by Crippen LogP contribution is 2.18. The highest BCUT2D eigenvalue weighted by atomic mass is 16.5. The van der Waals surface area contributed by atoms with Crippen LogP contribution < -0.4 is 20.1 Å². The van der Waals surface area contributed by atoms with Crippen LogP contribution in [0.25, 0.3) is 0 Å². The third-order valence-electron chi connectivity index (χ3n) is 4.26. The number of carbonyl (C=O) groups excluding carboxylic acids is 2. The van der Waals surface area contributed by atoms with Gasteiger partial charge in [-0.3, -0.25) is 9.59 Å². The van der Waals surface area contributed by atoms with Gasteiger partial charge in [-0.25, -0.2) is 0 Å². The van der Waals surface area contributed by atoms with Crippen molar-refractivity contribution in [3.63, 3.8) is 0 Å². The van der Waals surface area contributed by atoms with E-state index in [4.69, 9.17) is 9.47 Å². The van der Waals surface area contributed by atoms with E-state index in [0.29, 0.717) is 35.7 Å². The molecule has 0 atom stereocenters. The van der Waals surface area contributed by atoms with Crippen molar-refractivity contribution in [2.75, 3.05) is 23.8 Å². The molecule has 3 aromatic carbocycles. The van der Waals surface area contributed by atoms with Crippen LogP contribution >= 0.6 is 0 Å². The summed E-state index contributed by atoms with van der Waals surface area (Å²) < 4.78 is 10.8. The molecule has 0 radical (unpaired) electrons. The van der Waals surface area contributed by atoms with Gasteiger partial charge in [0.1, 0.15) is 11.5 Å². The SMILES string of the molecule is CCOc1ccc(C(=O)Nc2ccc(NC(=O)c3ccc(OCC)cc3)cc2)cc1. The zero-order valence-electron chi connectivity index (χ0n) is 17.0. The molecule has 30 heavy (non-hydrogen) atoms. The van der Waals surface area contributed by atoms with Gasteiger partial charge in [0.15, 0.2) is 0 Å². The summed E-state index contributed by atoms with van der Waals surface area (Å²) in [5, 5.41) is 5.67. The van der Waals surface area contributed by atoms with E-state index in [1.165, 1.54) is 0 Å². The average molecular weight is 404 g/mol. The van der Waals surface area contributed by atoms with E-state index >= 15 is 0 Å². The second kappa shape index (κ2) is 10.1. The van der Waals surface area contributed by atoms with Crippen LogP contribution in [-0.4, -0.2) is 25.0 Å². The molecule has 2 amide bonds. The van der Waals surface area contributed by atoms with E-state index in [2.05, 4.69) is 10.6 Å². The average Bonchev–Trinajstić information content (AvgIpc) is 2.76. The summed E-state index contributed by atoms with van der Waals surface area (Å²) in [6, 6.07) is 20.8. The fourth-order valence-corrected chi connectivity index (χ4v) is 2.78. The van der Waals surface area contributed by atoms with Gasteiger partial charge < -0.3 is 20.1 Å². The molecule has 0 aliphatic heterocycles. The molecule has 0 spiro atoms. The van der Waals surface area contributed by atoms with E-state index < -0.39 is 0 Å². The minimum atomic E-state index is -0.218. The van der Waals surface area contributed by atoms with Gasteiger partial charge in [0, 0.05) is 22.5 Å². The lowest BCUT2D eigenvalue weighted by Crippen LogP contribution is -2.13. The van der Waals surface area contributed by atoms with E-state index in [0.717, 1.165) is 11.5 Å². The fourth-order valence-electron chi connectivity index (χ4n) is 2.78. The van der Waals surface area contributed by atoms with E-state index in [1.807, 2.05) is 13.8 Å². The fraction of sp³-hybridized carbons (Fsp3) is 0.167. The van der Waals surface area contributed by atoms with Crippen LogP contribution in [0.3, 0.4) is 0 Å². The molecule has 0 unspecified atom stereocenters. The molecule has 0 aliphatic rings. The monoisotopic (exact) mass is 404 g/mol. The van der Waals surface area contributed by atoms with Crippen molar-refractivity contribution in [2.45, 2.75) is 13.8 Å². The number of benzene rings is 3. The minimum absolute atomic E-state index is 0.218. The third-order valence-corrected chi connectivity index (χ3v) is 4.26. The number of anilines is 2. The number of hydrogen-bond donors (Lipinski definition) is 2. The largest absolute Gasteiger partial charge is 0.494 e. The number of ether oxygens (including phenoxy) is 2. The van der Waals surface area contributed by atoms with Gasteiger partial charge in [0.2, 0.25) is 0 Å². The highest BCUT2D eigenvalue weighted by Gasteiger charge is 2.09. The first kappa shape index (κ1) is 20.9. The van der Waals surface area contributed by atoms with Crippen molar-refractivity contribution < 1.29 is 19.1 Å². The highest BCUT2D eigenvalue weighted by molar-refractivity contribution is 6.05. The van der Waals surface area contributed by atoms with Crippen molar-refractivity contribution in [2.24, 2.45) is 0 Å². The van der Waals surface area contributed by atoms with Crippen molar-refractivity contribution in [3.05, 3.63) is 83.9 Å². The predicted molar refractivity (Wildman–Crippen MR) is 118 cm³/mol. The standard InChI is InChI=1S/C24H24N2O4/c1-3-29-21-13-5-17(6-14-21)23(27)25-19-9-11-20(12-10-19)26-24(28)18-7-15-22(16-8-18)30-4-2/h5-16H,3-4H2,1-2H3,(H,25,27)(H,26,28). The van der Waals surface area contributed by atoms with Crippen molar-refractivity contribution in [3.8, 4) is 11.5 Å². The second-order valence-electron chi connectivity index (χ2n) is 6.40. The Bertz CT molecular complexity index is 899. The molecule has 6 nitrogen and oxygen atoms in total. The lowest BCUT2D eigenvalue weighted by atomic mass is 10.2. The number of carbonyl (C=O) groups is 2. The first-order chi connectivity index (χ1) is 14.6. The molecule has 0 saturated heterocycles. The maximum Gasteiger partial charge on any atom is 0.255 e.